The van der Waals surface area contributed by atoms with E-state index in [1.54, 1.807) is 32.3 Å². The maximum absolute atomic E-state index is 12.3. The highest BCUT2D eigenvalue weighted by atomic mass is 32.2. The van der Waals surface area contributed by atoms with Gasteiger partial charge in [0, 0.05) is 44.9 Å². The Bertz CT molecular complexity index is 999. The fourth-order valence-corrected chi connectivity index (χ4v) is 4.65. The van der Waals surface area contributed by atoms with Crippen molar-refractivity contribution < 1.29 is 18.3 Å². The third-order valence-electron chi connectivity index (χ3n) is 5.14. The van der Waals surface area contributed by atoms with Crippen LogP contribution in [0.1, 0.15) is 34.7 Å². The van der Waals surface area contributed by atoms with Crippen molar-refractivity contribution in [3.05, 3.63) is 47.4 Å². The van der Waals surface area contributed by atoms with E-state index in [0.29, 0.717) is 36.9 Å². The molecule has 9 heteroatoms. The molecular weight excluding hydrogens is 392 g/mol. The van der Waals surface area contributed by atoms with E-state index in [2.05, 4.69) is 9.97 Å². The van der Waals surface area contributed by atoms with Gasteiger partial charge in [-0.2, -0.15) is 17.0 Å². The van der Waals surface area contributed by atoms with Crippen LogP contribution in [-0.4, -0.2) is 65.3 Å². The number of benzene rings is 1. The molecule has 0 unspecified atom stereocenters. The number of nitrogens with zero attached hydrogens (tertiary/aromatic N) is 4. The summed E-state index contributed by atoms with van der Waals surface area (Å²) in [5, 5.41) is 9.21. The summed E-state index contributed by atoms with van der Waals surface area (Å²) in [6, 6.07) is 8.55. The largest absolute Gasteiger partial charge is 0.478 e. The summed E-state index contributed by atoms with van der Waals surface area (Å²) in [4.78, 5) is 20.4. The third-order valence-corrected chi connectivity index (χ3v) is 7.08. The van der Waals surface area contributed by atoms with E-state index in [9.17, 15) is 18.3 Å². The Morgan fingerprint density at radius 3 is 2.52 bits per heavy atom. The molecule has 0 saturated carbocycles. The maximum Gasteiger partial charge on any atom is 0.335 e. The Balaban J connectivity index is 1.73. The number of carboxylic acid groups (broad SMARTS) is 1. The molecule has 2 aromatic rings. The van der Waals surface area contributed by atoms with Gasteiger partial charge in [-0.25, -0.2) is 14.8 Å². The molecule has 8 nitrogen and oxygen atoms in total. The molecule has 0 atom stereocenters. The van der Waals surface area contributed by atoms with Gasteiger partial charge in [-0.3, -0.25) is 0 Å². The van der Waals surface area contributed by atoms with E-state index in [-0.39, 0.29) is 5.56 Å². The molecule has 1 N–H and O–H groups in total. The van der Waals surface area contributed by atoms with Crippen molar-refractivity contribution in [1.29, 1.82) is 0 Å². The average Bonchev–Trinajstić information content (AvgIpc) is 2.68. The summed E-state index contributed by atoms with van der Waals surface area (Å²) in [5.74, 6) is 0.0375. The van der Waals surface area contributed by atoms with E-state index >= 15 is 0 Å². The van der Waals surface area contributed by atoms with E-state index in [0.717, 1.165) is 24.1 Å². The second kappa shape index (κ2) is 8.56. The number of aromatic carboxylic acids is 1. The van der Waals surface area contributed by atoms with E-state index in [4.69, 9.17) is 0 Å². The van der Waals surface area contributed by atoms with Crippen molar-refractivity contribution in [2.75, 3.05) is 27.2 Å². The topological polar surface area (TPSA) is 104 Å². The van der Waals surface area contributed by atoms with Crippen LogP contribution in [0.2, 0.25) is 0 Å². The van der Waals surface area contributed by atoms with Gasteiger partial charge in [0.25, 0.3) is 10.2 Å². The fourth-order valence-electron chi connectivity index (χ4n) is 3.51. The second-order valence-electron chi connectivity index (χ2n) is 7.53. The summed E-state index contributed by atoms with van der Waals surface area (Å²) in [6.07, 6.45) is 2.19. The van der Waals surface area contributed by atoms with Crippen LogP contribution in [0.15, 0.2) is 30.3 Å². The van der Waals surface area contributed by atoms with Crippen molar-refractivity contribution in [2.45, 2.75) is 26.2 Å². The summed E-state index contributed by atoms with van der Waals surface area (Å²) in [6.45, 7) is 2.87. The first-order valence-corrected chi connectivity index (χ1v) is 10.9. The number of hydrogen-bond acceptors (Lipinski definition) is 5. The summed E-state index contributed by atoms with van der Waals surface area (Å²) in [5.41, 5.74) is 2.47. The van der Waals surface area contributed by atoms with Gasteiger partial charge in [-0.15, -0.1) is 0 Å². The number of hydrogen-bond donors (Lipinski definition) is 1. The lowest BCUT2D eigenvalue weighted by molar-refractivity contribution is 0.0697. The average molecular weight is 419 g/mol. The molecule has 29 heavy (non-hydrogen) atoms. The van der Waals surface area contributed by atoms with Gasteiger partial charge in [0.05, 0.1) is 11.3 Å². The molecule has 1 aromatic carbocycles. The Hall–Kier alpha value is -2.36. The van der Waals surface area contributed by atoms with Crippen molar-refractivity contribution in [3.63, 3.8) is 0 Å². The minimum Gasteiger partial charge on any atom is -0.478 e. The summed E-state index contributed by atoms with van der Waals surface area (Å²) in [7, 11) is -0.280. The third kappa shape index (κ3) is 4.98. The predicted molar refractivity (Wildman–Crippen MR) is 110 cm³/mol. The number of aryl methyl sites for hydroxylation is 1. The first kappa shape index (κ1) is 21.4. The molecule has 1 aliphatic rings. The lowest BCUT2D eigenvalue weighted by atomic mass is 9.94. The van der Waals surface area contributed by atoms with Gasteiger partial charge in [-0.05, 0) is 43.9 Å². The zero-order chi connectivity index (χ0) is 21.2. The number of aromatic nitrogens is 2. The molecule has 1 aliphatic heterocycles. The van der Waals surface area contributed by atoms with Crippen LogP contribution in [0, 0.1) is 12.8 Å². The number of carbonyl (C=O) groups is 1. The van der Waals surface area contributed by atoms with Crippen molar-refractivity contribution in [3.8, 4) is 11.3 Å². The van der Waals surface area contributed by atoms with Crippen LogP contribution >= 0.6 is 0 Å². The lowest BCUT2D eigenvalue weighted by Crippen LogP contribution is -2.44. The SMILES string of the molecule is Cc1cc(-c2cccc(C(=O)O)c2)nc(CC2CCN(S(=O)(=O)N(C)C)CC2)n1. The highest BCUT2D eigenvalue weighted by Gasteiger charge is 2.29. The molecule has 3 rings (SSSR count). The van der Waals surface area contributed by atoms with E-state index in [1.165, 1.54) is 8.61 Å². The Labute approximate surface area is 171 Å². The van der Waals surface area contributed by atoms with Crippen LogP contribution in [0.3, 0.4) is 0 Å². The standard InChI is InChI=1S/C20H26N4O4S/c1-14-11-18(16-5-4-6-17(13-16)20(25)26)22-19(21-14)12-15-7-9-24(10-8-15)29(27,28)23(2)3/h4-6,11,13,15H,7-10,12H2,1-3H3,(H,25,26). The van der Waals surface area contributed by atoms with Gasteiger partial charge >= 0.3 is 5.97 Å². The van der Waals surface area contributed by atoms with Gasteiger partial charge < -0.3 is 5.11 Å². The summed E-state index contributed by atoms with van der Waals surface area (Å²) < 4.78 is 27.3. The minimum atomic E-state index is -3.37. The molecule has 0 amide bonds. The van der Waals surface area contributed by atoms with Gasteiger partial charge in [0.15, 0.2) is 0 Å². The van der Waals surface area contributed by atoms with Crippen molar-refractivity contribution >= 4 is 16.2 Å². The molecule has 1 fully saturated rings. The normalized spacial score (nSPS) is 16.3. The number of piperidine rings is 1. The smallest absolute Gasteiger partial charge is 0.335 e. The highest BCUT2D eigenvalue weighted by Crippen LogP contribution is 2.25. The Kier molecular flexibility index (Phi) is 6.30. The van der Waals surface area contributed by atoms with Gasteiger partial charge in [-0.1, -0.05) is 12.1 Å². The maximum atomic E-state index is 12.3. The van der Waals surface area contributed by atoms with Crippen LogP contribution in [0.25, 0.3) is 11.3 Å². The predicted octanol–water partition coefficient (Wildman–Crippen LogP) is 2.21. The van der Waals surface area contributed by atoms with Crippen molar-refractivity contribution in [2.24, 2.45) is 5.92 Å². The molecule has 0 radical (unpaired) electrons. The lowest BCUT2D eigenvalue weighted by Gasteiger charge is -2.32. The molecule has 156 valence electrons. The van der Waals surface area contributed by atoms with Gasteiger partial charge in [0.1, 0.15) is 5.82 Å². The second-order valence-corrected chi connectivity index (χ2v) is 9.68. The van der Waals surface area contributed by atoms with Crippen molar-refractivity contribution in [1.82, 2.24) is 18.6 Å². The van der Waals surface area contributed by atoms with Crippen LogP contribution < -0.4 is 0 Å². The molecular formula is C20H26N4O4S. The molecule has 0 spiro atoms. The van der Waals surface area contributed by atoms with E-state index < -0.39 is 16.2 Å². The quantitative estimate of drug-likeness (QED) is 0.771. The summed E-state index contributed by atoms with van der Waals surface area (Å²) >= 11 is 0. The fraction of sp³-hybridized carbons (Fsp3) is 0.450. The van der Waals surface area contributed by atoms with Crippen LogP contribution in [0.5, 0.6) is 0 Å². The molecule has 0 aliphatic carbocycles. The van der Waals surface area contributed by atoms with Gasteiger partial charge in [0.2, 0.25) is 0 Å². The first-order chi connectivity index (χ1) is 13.7. The molecule has 2 heterocycles. The van der Waals surface area contributed by atoms with E-state index in [1.807, 2.05) is 19.1 Å². The Morgan fingerprint density at radius 2 is 1.90 bits per heavy atom. The van der Waals surface area contributed by atoms with Crippen LogP contribution in [0.4, 0.5) is 0 Å². The molecule has 1 aromatic heterocycles. The Morgan fingerprint density at radius 1 is 1.21 bits per heavy atom. The zero-order valence-electron chi connectivity index (χ0n) is 16.9. The molecule has 0 bridgehead atoms. The number of carboxylic acids is 1. The molecule has 1 saturated heterocycles. The first-order valence-electron chi connectivity index (χ1n) is 9.52. The zero-order valence-corrected chi connectivity index (χ0v) is 17.7. The monoisotopic (exact) mass is 418 g/mol. The minimum absolute atomic E-state index is 0.217. The number of rotatable bonds is 6. The van der Waals surface area contributed by atoms with Crippen LogP contribution in [-0.2, 0) is 16.6 Å². The highest BCUT2D eigenvalue weighted by molar-refractivity contribution is 7.86.